The maximum absolute atomic E-state index is 10.3. The van der Waals surface area contributed by atoms with Crippen molar-refractivity contribution >= 4 is 6.41 Å². The highest BCUT2D eigenvalue weighted by Crippen LogP contribution is 2.31. The first-order valence-corrected chi connectivity index (χ1v) is 4.61. The van der Waals surface area contributed by atoms with E-state index in [1.165, 1.54) is 12.8 Å². The van der Waals surface area contributed by atoms with Crippen molar-refractivity contribution in [1.82, 2.24) is 5.32 Å². The molecule has 3 heteroatoms. The van der Waals surface area contributed by atoms with Gasteiger partial charge in [0.15, 0.2) is 0 Å². The Morgan fingerprint density at radius 2 is 2.50 bits per heavy atom. The van der Waals surface area contributed by atoms with Gasteiger partial charge >= 0.3 is 0 Å². The van der Waals surface area contributed by atoms with E-state index < -0.39 is 0 Å². The Bertz CT molecular complexity index is 161. The molecule has 3 nitrogen and oxygen atoms in total. The Kier molecular flexibility index (Phi) is 3.09. The number of nitrogens with one attached hydrogen (secondary N) is 1. The van der Waals surface area contributed by atoms with Crippen LogP contribution < -0.4 is 11.1 Å². The molecule has 0 aromatic heterocycles. The summed E-state index contributed by atoms with van der Waals surface area (Å²) < 4.78 is 0. The molecule has 0 bridgehead atoms. The third kappa shape index (κ3) is 2.21. The van der Waals surface area contributed by atoms with Gasteiger partial charge in [-0.3, -0.25) is 4.79 Å². The number of nitrogens with two attached hydrogens (primary N) is 1. The van der Waals surface area contributed by atoms with Crippen LogP contribution in [-0.4, -0.2) is 18.5 Å². The van der Waals surface area contributed by atoms with Crippen LogP contribution in [0.4, 0.5) is 0 Å². The predicted molar refractivity (Wildman–Crippen MR) is 48.6 cm³/mol. The number of hydrogen-bond donors (Lipinski definition) is 2. The molecule has 12 heavy (non-hydrogen) atoms. The Morgan fingerprint density at radius 3 is 3.08 bits per heavy atom. The zero-order valence-corrected chi connectivity index (χ0v) is 7.68. The lowest BCUT2D eigenvalue weighted by Gasteiger charge is -2.37. The van der Waals surface area contributed by atoms with Crippen molar-refractivity contribution in [3.05, 3.63) is 0 Å². The first-order valence-electron chi connectivity index (χ1n) is 4.61. The fraction of sp³-hybridized carbons (Fsp3) is 0.889. The van der Waals surface area contributed by atoms with E-state index >= 15 is 0 Å². The topological polar surface area (TPSA) is 55.1 Å². The van der Waals surface area contributed by atoms with Gasteiger partial charge in [-0.15, -0.1) is 0 Å². The summed E-state index contributed by atoms with van der Waals surface area (Å²) in [5, 5.41) is 2.89. The zero-order valence-electron chi connectivity index (χ0n) is 7.68. The second-order valence-electron chi connectivity index (χ2n) is 4.02. The molecule has 0 spiro atoms. The van der Waals surface area contributed by atoms with Crippen molar-refractivity contribution < 1.29 is 4.79 Å². The van der Waals surface area contributed by atoms with Crippen LogP contribution in [0.15, 0.2) is 0 Å². The van der Waals surface area contributed by atoms with Gasteiger partial charge in [0.2, 0.25) is 6.41 Å². The van der Waals surface area contributed by atoms with Crippen LogP contribution in [-0.2, 0) is 4.79 Å². The van der Waals surface area contributed by atoms with E-state index in [1.54, 1.807) is 0 Å². The van der Waals surface area contributed by atoms with Gasteiger partial charge in [-0.25, -0.2) is 0 Å². The van der Waals surface area contributed by atoms with Gasteiger partial charge in [0.1, 0.15) is 0 Å². The van der Waals surface area contributed by atoms with Gasteiger partial charge in [0, 0.05) is 5.54 Å². The molecular weight excluding hydrogens is 152 g/mol. The van der Waals surface area contributed by atoms with Crippen LogP contribution >= 0.6 is 0 Å². The Balaban J connectivity index is 2.48. The smallest absolute Gasteiger partial charge is 0.207 e. The van der Waals surface area contributed by atoms with E-state index in [4.69, 9.17) is 5.73 Å². The molecular formula is C9H18N2O. The summed E-state index contributed by atoms with van der Waals surface area (Å²) in [4.78, 5) is 10.3. The second-order valence-corrected chi connectivity index (χ2v) is 4.02. The number of carbonyl (C=O) groups excluding carboxylic acids is 1. The summed E-state index contributed by atoms with van der Waals surface area (Å²) in [6.07, 6.45) is 5.31. The summed E-state index contributed by atoms with van der Waals surface area (Å²) in [5.41, 5.74) is 5.61. The van der Waals surface area contributed by atoms with E-state index in [0.29, 0.717) is 5.92 Å². The minimum Gasteiger partial charge on any atom is -0.354 e. The third-order valence-corrected chi connectivity index (χ3v) is 2.82. The molecule has 1 rings (SSSR count). The average Bonchev–Trinajstić information content (AvgIpc) is 2.04. The summed E-state index contributed by atoms with van der Waals surface area (Å²) >= 11 is 0. The Morgan fingerprint density at radius 1 is 1.75 bits per heavy atom. The lowest BCUT2D eigenvalue weighted by molar-refractivity contribution is -0.111. The summed E-state index contributed by atoms with van der Waals surface area (Å²) in [6, 6.07) is 0. The van der Waals surface area contributed by atoms with Crippen molar-refractivity contribution in [2.24, 2.45) is 11.7 Å². The molecule has 1 saturated carbocycles. The van der Waals surface area contributed by atoms with E-state index in [-0.39, 0.29) is 5.54 Å². The fourth-order valence-corrected chi connectivity index (χ4v) is 2.10. The van der Waals surface area contributed by atoms with Crippen LogP contribution in [0.25, 0.3) is 0 Å². The largest absolute Gasteiger partial charge is 0.354 e. The van der Waals surface area contributed by atoms with Crippen LogP contribution in [0, 0.1) is 5.92 Å². The molecule has 0 radical (unpaired) electrons. The molecule has 0 aliphatic heterocycles. The predicted octanol–water partition coefficient (Wildman–Crippen LogP) is 0.640. The van der Waals surface area contributed by atoms with E-state index in [9.17, 15) is 4.79 Å². The van der Waals surface area contributed by atoms with Crippen molar-refractivity contribution in [2.45, 2.75) is 38.1 Å². The third-order valence-electron chi connectivity index (χ3n) is 2.82. The lowest BCUT2D eigenvalue weighted by atomic mass is 9.77. The summed E-state index contributed by atoms with van der Waals surface area (Å²) in [5.74, 6) is 0.594. The summed E-state index contributed by atoms with van der Waals surface area (Å²) in [6.45, 7) is 2.85. The van der Waals surface area contributed by atoms with E-state index in [1.807, 2.05) is 0 Å². The Labute approximate surface area is 73.7 Å². The number of amides is 1. The molecule has 2 atom stereocenters. The molecule has 0 saturated heterocycles. The van der Waals surface area contributed by atoms with Crippen molar-refractivity contribution in [1.29, 1.82) is 0 Å². The molecule has 70 valence electrons. The van der Waals surface area contributed by atoms with E-state index in [0.717, 1.165) is 25.8 Å². The molecule has 3 N–H and O–H groups in total. The molecule has 1 fully saturated rings. The SMILES string of the molecule is CC1(NC=O)CCCC(CN)C1. The molecule has 0 aromatic rings. The standard InChI is InChI=1S/C9H18N2O/c1-9(11-7-12)4-2-3-8(5-9)6-10/h7-8H,2-6,10H2,1H3,(H,11,12). The van der Waals surface area contributed by atoms with Gasteiger partial charge in [0.05, 0.1) is 0 Å². The van der Waals surface area contributed by atoms with Crippen LogP contribution in [0.1, 0.15) is 32.6 Å². The van der Waals surface area contributed by atoms with Crippen molar-refractivity contribution in [3.63, 3.8) is 0 Å². The average molecular weight is 170 g/mol. The van der Waals surface area contributed by atoms with Gasteiger partial charge in [-0.2, -0.15) is 0 Å². The quantitative estimate of drug-likeness (QED) is 0.611. The van der Waals surface area contributed by atoms with Crippen molar-refractivity contribution in [2.75, 3.05) is 6.54 Å². The highest BCUT2D eigenvalue weighted by molar-refractivity contribution is 5.47. The van der Waals surface area contributed by atoms with Gasteiger partial charge < -0.3 is 11.1 Å². The van der Waals surface area contributed by atoms with Crippen LogP contribution in [0.3, 0.4) is 0 Å². The fourth-order valence-electron chi connectivity index (χ4n) is 2.10. The van der Waals surface area contributed by atoms with Crippen LogP contribution in [0.5, 0.6) is 0 Å². The maximum Gasteiger partial charge on any atom is 0.207 e. The molecule has 0 aromatic carbocycles. The van der Waals surface area contributed by atoms with E-state index in [2.05, 4.69) is 12.2 Å². The minimum atomic E-state index is 0.00400. The molecule has 1 aliphatic carbocycles. The first-order chi connectivity index (χ1) is 5.70. The minimum absolute atomic E-state index is 0.00400. The molecule has 0 heterocycles. The summed E-state index contributed by atoms with van der Waals surface area (Å²) in [7, 11) is 0. The highest BCUT2D eigenvalue weighted by Gasteiger charge is 2.30. The lowest BCUT2D eigenvalue weighted by Crippen LogP contribution is -2.46. The van der Waals surface area contributed by atoms with Gasteiger partial charge in [-0.05, 0) is 38.6 Å². The Hall–Kier alpha value is -0.570. The second kappa shape index (κ2) is 3.90. The van der Waals surface area contributed by atoms with Crippen LogP contribution in [0.2, 0.25) is 0 Å². The van der Waals surface area contributed by atoms with Crippen molar-refractivity contribution in [3.8, 4) is 0 Å². The molecule has 1 aliphatic rings. The normalized spacial score (nSPS) is 36.0. The maximum atomic E-state index is 10.3. The number of hydrogen-bond acceptors (Lipinski definition) is 2. The first kappa shape index (κ1) is 9.52. The number of rotatable bonds is 3. The van der Waals surface area contributed by atoms with Gasteiger partial charge in [-0.1, -0.05) is 6.42 Å². The highest BCUT2D eigenvalue weighted by atomic mass is 16.1. The molecule has 1 amide bonds. The monoisotopic (exact) mass is 170 g/mol. The zero-order chi connectivity index (χ0) is 9.03. The van der Waals surface area contributed by atoms with Gasteiger partial charge in [0.25, 0.3) is 0 Å². The molecule has 2 unspecified atom stereocenters. The number of carbonyl (C=O) groups is 1.